The Morgan fingerprint density at radius 1 is 1.31 bits per heavy atom. The SMILES string of the molecule is Cc1ccc(C)n1C(C)(C)C(=O)O. The fourth-order valence-electron chi connectivity index (χ4n) is 1.65. The molecule has 0 aliphatic rings. The smallest absolute Gasteiger partial charge is 0.329 e. The molecule has 0 fully saturated rings. The summed E-state index contributed by atoms with van der Waals surface area (Å²) in [6, 6.07) is 3.86. The van der Waals surface area contributed by atoms with Gasteiger partial charge in [0.15, 0.2) is 0 Å². The van der Waals surface area contributed by atoms with E-state index in [1.54, 1.807) is 13.8 Å². The van der Waals surface area contributed by atoms with E-state index in [1.807, 2.05) is 30.5 Å². The lowest BCUT2D eigenvalue weighted by Crippen LogP contribution is -2.36. The average molecular weight is 181 g/mol. The number of carboxylic acid groups (broad SMARTS) is 1. The molecule has 0 aromatic carbocycles. The first kappa shape index (κ1) is 9.84. The van der Waals surface area contributed by atoms with Crippen molar-refractivity contribution in [2.75, 3.05) is 0 Å². The van der Waals surface area contributed by atoms with E-state index < -0.39 is 11.5 Å². The predicted octanol–water partition coefficient (Wildman–Crippen LogP) is 1.92. The van der Waals surface area contributed by atoms with Crippen LogP contribution in [-0.4, -0.2) is 15.6 Å². The maximum Gasteiger partial charge on any atom is 0.329 e. The molecule has 0 aliphatic heterocycles. The highest BCUT2D eigenvalue weighted by Gasteiger charge is 2.30. The fourth-order valence-corrected chi connectivity index (χ4v) is 1.65. The number of aromatic nitrogens is 1. The van der Waals surface area contributed by atoms with Gasteiger partial charge in [0, 0.05) is 11.4 Å². The second-order valence-corrected chi connectivity index (χ2v) is 3.82. The molecule has 0 radical (unpaired) electrons. The van der Waals surface area contributed by atoms with Crippen LogP contribution in [0.5, 0.6) is 0 Å². The zero-order chi connectivity index (χ0) is 10.2. The van der Waals surface area contributed by atoms with E-state index in [1.165, 1.54) is 0 Å². The number of carbonyl (C=O) groups is 1. The summed E-state index contributed by atoms with van der Waals surface area (Å²) in [4.78, 5) is 11.0. The Labute approximate surface area is 78.0 Å². The molecule has 1 rings (SSSR count). The third-order valence-corrected chi connectivity index (χ3v) is 2.35. The van der Waals surface area contributed by atoms with Crippen LogP contribution in [0.1, 0.15) is 25.2 Å². The number of carboxylic acids is 1. The van der Waals surface area contributed by atoms with Gasteiger partial charge in [-0.3, -0.25) is 0 Å². The van der Waals surface area contributed by atoms with Crippen LogP contribution < -0.4 is 0 Å². The zero-order valence-corrected chi connectivity index (χ0v) is 8.46. The van der Waals surface area contributed by atoms with Crippen molar-refractivity contribution >= 4 is 5.97 Å². The van der Waals surface area contributed by atoms with E-state index in [2.05, 4.69) is 0 Å². The summed E-state index contributed by atoms with van der Waals surface area (Å²) in [5, 5.41) is 9.04. The highest BCUT2D eigenvalue weighted by atomic mass is 16.4. The first-order valence-electron chi connectivity index (χ1n) is 4.26. The van der Waals surface area contributed by atoms with Gasteiger partial charge in [-0.05, 0) is 39.8 Å². The van der Waals surface area contributed by atoms with Crippen molar-refractivity contribution in [2.45, 2.75) is 33.2 Å². The highest BCUT2D eigenvalue weighted by molar-refractivity contribution is 5.76. The van der Waals surface area contributed by atoms with Gasteiger partial charge in [0.2, 0.25) is 0 Å². The van der Waals surface area contributed by atoms with E-state index in [0.717, 1.165) is 11.4 Å². The lowest BCUT2D eigenvalue weighted by molar-refractivity contribution is -0.145. The van der Waals surface area contributed by atoms with Crippen LogP contribution in [0.3, 0.4) is 0 Å². The van der Waals surface area contributed by atoms with Gasteiger partial charge in [-0.15, -0.1) is 0 Å². The van der Waals surface area contributed by atoms with E-state index in [4.69, 9.17) is 5.11 Å². The molecule has 1 N–H and O–H groups in total. The molecular weight excluding hydrogens is 166 g/mol. The summed E-state index contributed by atoms with van der Waals surface area (Å²) >= 11 is 0. The largest absolute Gasteiger partial charge is 0.480 e. The summed E-state index contributed by atoms with van der Waals surface area (Å²) in [7, 11) is 0. The van der Waals surface area contributed by atoms with Gasteiger partial charge in [0.1, 0.15) is 5.54 Å². The van der Waals surface area contributed by atoms with Crippen molar-refractivity contribution in [3.8, 4) is 0 Å². The zero-order valence-electron chi connectivity index (χ0n) is 8.46. The molecule has 0 unspecified atom stereocenters. The Bertz CT molecular complexity index is 317. The molecule has 0 saturated heterocycles. The van der Waals surface area contributed by atoms with Crippen molar-refractivity contribution in [2.24, 2.45) is 0 Å². The monoisotopic (exact) mass is 181 g/mol. The minimum atomic E-state index is -0.863. The van der Waals surface area contributed by atoms with Crippen LogP contribution in [0.4, 0.5) is 0 Å². The second-order valence-electron chi connectivity index (χ2n) is 3.82. The van der Waals surface area contributed by atoms with Crippen LogP contribution in [-0.2, 0) is 10.3 Å². The maximum absolute atomic E-state index is 11.0. The van der Waals surface area contributed by atoms with Crippen LogP contribution in [0, 0.1) is 13.8 Å². The fraction of sp³-hybridized carbons (Fsp3) is 0.500. The molecule has 1 aromatic heterocycles. The molecule has 0 atom stereocenters. The van der Waals surface area contributed by atoms with Crippen molar-refractivity contribution in [1.29, 1.82) is 0 Å². The summed E-state index contributed by atoms with van der Waals surface area (Å²) in [5.74, 6) is -0.810. The van der Waals surface area contributed by atoms with Gasteiger partial charge in [0.05, 0.1) is 0 Å². The van der Waals surface area contributed by atoms with Crippen molar-refractivity contribution < 1.29 is 9.90 Å². The Kier molecular flexibility index (Phi) is 2.20. The van der Waals surface area contributed by atoms with Crippen LogP contribution in [0.25, 0.3) is 0 Å². The molecule has 0 aliphatic carbocycles. The van der Waals surface area contributed by atoms with Gasteiger partial charge in [-0.1, -0.05) is 0 Å². The van der Waals surface area contributed by atoms with Crippen LogP contribution in [0.15, 0.2) is 12.1 Å². The second kappa shape index (κ2) is 2.91. The molecule has 3 nitrogen and oxygen atoms in total. The lowest BCUT2D eigenvalue weighted by atomic mass is 10.1. The minimum Gasteiger partial charge on any atom is -0.480 e. The normalized spacial score (nSPS) is 11.7. The summed E-state index contributed by atoms with van der Waals surface area (Å²) in [5.41, 5.74) is 1.09. The van der Waals surface area contributed by atoms with Gasteiger partial charge in [-0.25, -0.2) is 4.79 Å². The van der Waals surface area contributed by atoms with Crippen molar-refractivity contribution in [3.63, 3.8) is 0 Å². The molecule has 1 aromatic rings. The van der Waals surface area contributed by atoms with Gasteiger partial charge >= 0.3 is 5.97 Å². The minimum absolute atomic E-state index is 0.810. The van der Waals surface area contributed by atoms with Crippen molar-refractivity contribution in [3.05, 3.63) is 23.5 Å². The summed E-state index contributed by atoms with van der Waals surface area (Å²) in [6.45, 7) is 7.24. The number of aliphatic carboxylic acids is 1. The van der Waals surface area contributed by atoms with Crippen LogP contribution >= 0.6 is 0 Å². The Balaban J connectivity index is 3.28. The first-order valence-corrected chi connectivity index (χ1v) is 4.26. The highest BCUT2D eigenvalue weighted by Crippen LogP contribution is 2.21. The van der Waals surface area contributed by atoms with Gasteiger partial charge < -0.3 is 9.67 Å². The molecule has 72 valence electrons. The predicted molar refractivity (Wildman–Crippen MR) is 50.9 cm³/mol. The molecule has 0 spiro atoms. The third-order valence-electron chi connectivity index (χ3n) is 2.35. The van der Waals surface area contributed by atoms with E-state index >= 15 is 0 Å². The number of aryl methyl sites for hydroxylation is 2. The van der Waals surface area contributed by atoms with E-state index in [9.17, 15) is 4.79 Å². The molecular formula is C10H15NO2. The Morgan fingerprint density at radius 3 is 2.00 bits per heavy atom. The quantitative estimate of drug-likeness (QED) is 0.757. The molecule has 3 heteroatoms. The molecule has 0 saturated carbocycles. The number of hydrogen-bond acceptors (Lipinski definition) is 1. The van der Waals surface area contributed by atoms with E-state index in [0.29, 0.717) is 0 Å². The summed E-state index contributed by atoms with van der Waals surface area (Å²) in [6.07, 6.45) is 0. The number of nitrogens with zero attached hydrogens (tertiary/aromatic N) is 1. The standard InChI is InChI=1S/C10H15NO2/c1-7-5-6-8(2)11(7)10(3,4)9(12)13/h5-6H,1-4H3,(H,12,13). The Morgan fingerprint density at radius 2 is 1.69 bits per heavy atom. The van der Waals surface area contributed by atoms with E-state index in [-0.39, 0.29) is 0 Å². The van der Waals surface area contributed by atoms with Gasteiger partial charge in [0.25, 0.3) is 0 Å². The molecule has 13 heavy (non-hydrogen) atoms. The van der Waals surface area contributed by atoms with Crippen molar-refractivity contribution in [1.82, 2.24) is 4.57 Å². The molecule has 1 heterocycles. The lowest BCUT2D eigenvalue weighted by Gasteiger charge is -2.25. The number of hydrogen-bond donors (Lipinski definition) is 1. The number of rotatable bonds is 2. The average Bonchev–Trinajstić information content (AvgIpc) is 2.30. The van der Waals surface area contributed by atoms with Crippen LogP contribution in [0.2, 0.25) is 0 Å². The van der Waals surface area contributed by atoms with Gasteiger partial charge in [-0.2, -0.15) is 0 Å². The molecule has 0 amide bonds. The topological polar surface area (TPSA) is 42.2 Å². The summed E-state index contributed by atoms with van der Waals surface area (Å²) < 4.78 is 1.83. The maximum atomic E-state index is 11.0. The first-order chi connectivity index (χ1) is 5.87. The molecule has 0 bridgehead atoms. The Hall–Kier alpha value is -1.25. The third kappa shape index (κ3) is 1.46.